The van der Waals surface area contributed by atoms with Crippen LogP contribution in [0.5, 0.6) is 5.75 Å². The average Bonchev–Trinajstić information content (AvgIpc) is 3.39. The molecule has 3 heterocycles. The second-order valence-electron chi connectivity index (χ2n) is 10.3. The number of halogens is 2. The molecule has 0 bridgehead atoms. The first-order chi connectivity index (χ1) is 19.4. The number of anilines is 1. The maximum absolute atomic E-state index is 14.9. The van der Waals surface area contributed by atoms with Crippen molar-refractivity contribution in [1.82, 2.24) is 20.4 Å². The Hall–Kier alpha value is -4.10. The molecule has 2 aliphatic rings. The van der Waals surface area contributed by atoms with Crippen molar-refractivity contribution in [3.05, 3.63) is 83.1 Å². The molecular formula is C30H32F2N6O2. The van der Waals surface area contributed by atoms with E-state index in [-0.39, 0.29) is 11.6 Å². The number of nitrogens with one attached hydrogen (secondary N) is 1. The normalized spacial score (nSPS) is 21.4. The summed E-state index contributed by atoms with van der Waals surface area (Å²) in [5.74, 6) is -1.04. The lowest BCUT2D eigenvalue weighted by Crippen LogP contribution is -2.47. The fraction of sp³-hybridized carbons (Fsp3) is 0.400. The van der Waals surface area contributed by atoms with Crippen LogP contribution in [0.3, 0.4) is 0 Å². The van der Waals surface area contributed by atoms with Gasteiger partial charge in [-0.3, -0.25) is 4.79 Å². The second kappa shape index (κ2) is 12.4. The van der Waals surface area contributed by atoms with Crippen molar-refractivity contribution in [1.29, 1.82) is 5.26 Å². The van der Waals surface area contributed by atoms with Gasteiger partial charge in [0.15, 0.2) is 11.5 Å². The monoisotopic (exact) mass is 546 g/mol. The van der Waals surface area contributed by atoms with Crippen LogP contribution >= 0.6 is 0 Å². The first kappa shape index (κ1) is 27.5. The standard InChI is InChI=1S/C30H32F2N6O2/c1-40-24-6-2-4-20(15-24)14-22-5-3-12-37(13-11-34-22)30(39)27-19-38(29-10-8-23(17-33)35-36-29)18-26(27)25-9-7-21(31)16-28(25)32/h2,4,6-10,15-16,22,26-27,34H,3,5,11-14,18-19H2,1H3. The average molecular weight is 547 g/mol. The SMILES string of the molecule is COc1cccc(CC2CCCN(C(=O)C3CN(c4ccc(C#N)nn4)CC3c3ccc(F)cc3F)CCN2)c1. The smallest absolute Gasteiger partial charge is 0.228 e. The van der Waals surface area contributed by atoms with Gasteiger partial charge in [0.25, 0.3) is 0 Å². The van der Waals surface area contributed by atoms with Crippen molar-refractivity contribution >= 4 is 11.7 Å². The first-order valence-corrected chi connectivity index (χ1v) is 13.5. The highest BCUT2D eigenvalue weighted by Gasteiger charge is 2.42. The topological polar surface area (TPSA) is 94.4 Å². The molecule has 3 aromatic rings. The van der Waals surface area contributed by atoms with Crippen LogP contribution in [0.25, 0.3) is 0 Å². The van der Waals surface area contributed by atoms with Crippen LogP contribution in [0.4, 0.5) is 14.6 Å². The molecule has 0 saturated carbocycles. The van der Waals surface area contributed by atoms with E-state index in [1.54, 1.807) is 19.2 Å². The maximum Gasteiger partial charge on any atom is 0.228 e. The van der Waals surface area contributed by atoms with Gasteiger partial charge in [0.05, 0.1) is 13.0 Å². The number of methoxy groups -OCH3 is 1. The van der Waals surface area contributed by atoms with Crippen molar-refractivity contribution in [3.63, 3.8) is 0 Å². The lowest BCUT2D eigenvalue weighted by atomic mass is 9.87. The highest BCUT2D eigenvalue weighted by atomic mass is 19.1. The molecule has 1 aromatic heterocycles. The molecule has 3 unspecified atom stereocenters. The minimum atomic E-state index is -0.662. The maximum atomic E-state index is 14.9. The summed E-state index contributed by atoms with van der Waals surface area (Å²) >= 11 is 0. The van der Waals surface area contributed by atoms with E-state index in [4.69, 9.17) is 10.00 Å². The zero-order valence-corrected chi connectivity index (χ0v) is 22.4. The van der Waals surface area contributed by atoms with E-state index < -0.39 is 23.5 Å². The number of aromatic nitrogens is 2. The van der Waals surface area contributed by atoms with E-state index in [1.165, 1.54) is 17.7 Å². The van der Waals surface area contributed by atoms with Crippen LogP contribution in [0.2, 0.25) is 0 Å². The number of benzene rings is 2. The summed E-state index contributed by atoms with van der Waals surface area (Å²) in [7, 11) is 1.66. The third kappa shape index (κ3) is 6.20. The van der Waals surface area contributed by atoms with Gasteiger partial charge in [-0.25, -0.2) is 8.78 Å². The first-order valence-electron chi connectivity index (χ1n) is 13.5. The summed E-state index contributed by atoms with van der Waals surface area (Å²) in [4.78, 5) is 17.7. The van der Waals surface area contributed by atoms with E-state index >= 15 is 0 Å². The molecule has 1 N–H and O–H groups in total. The number of hydrogen-bond acceptors (Lipinski definition) is 7. The second-order valence-corrected chi connectivity index (χ2v) is 10.3. The molecule has 1 amide bonds. The third-order valence-corrected chi connectivity index (χ3v) is 7.81. The van der Waals surface area contributed by atoms with Crippen molar-refractivity contribution in [3.8, 4) is 11.8 Å². The zero-order valence-electron chi connectivity index (χ0n) is 22.4. The van der Waals surface area contributed by atoms with Crippen LogP contribution in [-0.2, 0) is 11.2 Å². The van der Waals surface area contributed by atoms with E-state index in [1.807, 2.05) is 28.0 Å². The Balaban J connectivity index is 1.29. The van der Waals surface area contributed by atoms with Gasteiger partial charge >= 0.3 is 0 Å². The molecule has 0 radical (unpaired) electrons. The predicted octanol–water partition coefficient (Wildman–Crippen LogP) is 3.68. The highest BCUT2D eigenvalue weighted by Crippen LogP contribution is 2.37. The summed E-state index contributed by atoms with van der Waals surface area (Å²) in [6.45, 7) is 2.45. The van der Waals surface area contributed by atoms with E-state index in [9.17, 15) is 13.6 Å². The predicted molar refractivity (Wildman–Crippen MR) is 146 cm³/mol. The molecule has 3 atom stereocenters. The number of rotatable bonds is 6. The Labute approximate surface area is 232 Å². The zero-order chi connectivity index (χ0) is 28.1. The fourth-order valence-electron chi connectivity index (χ4n) is 5.77. The number of nitriles is 1. The molecule has 8 nitrogen and oxygen atoms in total. The van der Waals surface area contributed by atoms with Crippen molar-refractivity contribution in [2.45, 2.75) is 31.2 Å². The number of carbonyl (C=O) groups is 1. The van der Waals surface area contributed by atoms with Crippen molar-refractivity contribution in [2.24, 2.45) is 5.92 Å². The van der Waals surface area contributed by atoms with Gasteiger partial charge in [-0.15, -0.1) is 10.2 Å². The summed E-state index contributed by atoms with van der Waals surface area (Å²) in [6, 6.07) is 17.1. The van der Waals surface area contributed by atoms with Gasteiger partial charge in [-0.2, -0.15) is 5.26 Å². The summed E-state index contributed by atoms with van der Waals surface area (Å²) < 4.78 is 34.0. The van der Waals surface area contributed by atoms with Gasteiger partial charge in [-0.1, -0.05) is 18.2 Å². The largest absolute Gasteiger partial charge is 0.497 e. The fourth-order valence-corrected chi connectivity index (χ4v) is 5.77. The van der Waals surface area contributed by atoms with Crippen molar-refractivity contribution < 1.29 is 18.3 Å². The van der Waals surface area contributed by atoms with Crippen molar-refractivity contribution in [2.75, 3.05) is 44.7 Å². The molecule has 0 spiro atoms. The lowest BCUT2D eigenvalue weighted by molar-refractivity contribution is -0.135. The molecule has 2 fully saturated rings. The Morgan fingerprint density at radius 1 is 1.12 bits per heavy atom. The number of hydrogen-bond donors (Lipinski definition) is 1. The molecular weight excluding hydrogens is 514 g/mol. The van der Waals surface area contributed by atoms with Crippen LogP contribution in [-0.4, -0.2) is 66.9 Å². The van der Waals surface area contributed by atoms with Crippen LogP contribution in [0.15, 0.2) is 54.6 Å². The summed E-state index contributed by atoms with van der Waals surface area (Å²) in [5, 5.41) is 20.7. The molecule has 2 saturated heterocycles. The van der Waals surface area contributed by atoms with E-state index in [2.05, 4.69) is 27.6 Å². The number of ether oxygens (including phenoxy) is 1. The molecule has 2 aromatic carbocycles. The Bertz CT molecular complexity index is 1370. The van der Waals surface area contributed by atoms with Gasteiger partial charge < -0.3 is 19.9 Å². The number of amides is 1. The summed E-state index contributed by atoms with van der Waals surface area (Å²) in [5.41, 5.74) is 1.70. The molecule has 0 aliphatic carbocycles. The molecule has 5 rings (SSSR count). The van der Waals surface area contributed by atoms with E-state index in [0.717, 1.165) is 31.1 Å². The van der Waals surface area contributed by atoms with Crippen LogP contribution < -0.4 is 15.0 Å². The number of nitrogens with zero attached hydrogens (tertiary/aromatic N) is 5. The molecule has 2 aliphatic heterocycles. The van der Waals surface area contributed by atoms with Crippen LogP contribution in [0, 0.1) is 28.9 Å². The van der Waals surface area contributed by atoms with Gasteiger partial charge in [0.1, 0.15) is 23.5 Å². The lowest BCUT2D eigenvalue weighted by Gasteiger charge is -2.32. The Kier molecular flexibility index (Phi) is 8.51. The van der Waals surface area contributed by atoms with Crippen LogP contribution in [0.1, 0.15) is 35.6 Å². The molecule has 40 heavy (non-hydrogen) atoms. The quantitative estimate of drug-likeness (QED) is 0.504. The Morgan fingerprint density at radius 2 is 2.00 bits per heavy atom. The minimum absolute atomic E-state index is 0.0501. The minimum Gasteiger partial charge on any atom is -0.497 e. The molecule has 208 valence electrons. The van der Waals surface area contributed by atoms with E-state index in [0.29, 0.717) is 50.1 Å². The van der Waals surface area contributed by atoms with Gasteiger partial charge in [-0.05, 0) is 60.7 Å². The van der Waals surface area contributed by atoms with Gasteiger partial charge in [0, 0.05) is 50.7 Å². The van der Waals surface area contributed by atoms with Gasteiger partial charge in [0.2, 0.25) is 5.91 Å². The molecule has 10 heteroatoms. The highest BCUT2D eigenvalue weighted by molar-refractivity contribution is 5.81. The third-order valence-electron chi connectivity index (χ3n) is 7.81. The summed E-state index contributed by atoms with van der Waals surface area (Å²) in [6.07, 6.45) is 2.62. The number of carbonyl (C=O) groups excluding carboxylic acids is 1. The Morgan fingerprint density at radius 3 is 2.75 bits per heavy atom.